The number of aryl methyl sites for hydroxylation is 3. The van der Waals surface area contributed by atoms with Gasteiger partial charge in [-0.1, -0.05) is 0 Å². The minimum Gasteiger partial charge on any atom is -0.469 e. The summed E-state index contributed by atoms with van der Waals surface area (Å²) in [4.78, 5) is 2.07. The summed E-state index contributed by atoms with van der Waals surface area (Å²) < 4.78 is 7.10. The Morgan fingerprint density at radius 3 is 2.72 bits per heavy atom. The van der Waals surface area contributed by atoms with Crippen LogP contribution in [0.25, 0.3) is 0 Å². The molecule has 0 aliphatic heterocycles. The second-order valence-electron chi connectivity index (χ2n) is 4.53. The Balaban J connectivity index is 2.29. The minimum absolute atomic E-state index is 0.00369. The van der Waals surface area contributed by atoms with Crippen LogP contribution in [0.2, 0.25) is 0 Å². The van der Waals surface area contributed by atoms with Crippen molar-refractivity contribution in [3.63, 3.8) is 0 Å². The Labute approximate surface area is 107 Å². The van der Waals surface area contributed by atoms with E-state index in [1.54, 1.807) is 10.9 Å². The first-order valence-electron chi connectivity index (χ1n) is 5.92. The number of hydrogen-bond donors (Lipinski definition) is 1. The molecule has 5 nitrogen and oxygen atoms in total. The molecule has 2 rings (SSSR count). The molecular weight excluding hydrogens is 230 g/mol. The fourth-order valence-corrected chi connectivity index (χ4v) is 2.26. The average molecular weight is 249 g/mol. The highest BCUT2D eigenvalue weighted by Crippen LogP contribution is 2.24. The van der Waals surface area contributed by atoms with Gasteiger partial charge >= 0.3 is 0 Å². The zero-order chi connectivity index (χ0) is 13.3. The molecule has 0 saturated heterocycles. The molecule has 0 radical (unpaired) electrons. The first-order valence-corrected chi connectivity index (χ1v) is 5.92. The van der Waals surface area contributed by atoms with Crippen molar-refractivity contribution in [2.45, 2.75) is 27.0 Å². The third kappa shape index (κ3) is 2.13. The molecule has 2 aromatic heterocycles. The van der Waals surface area contributed by atoms with Gasteiger partial charge in [-0.3, -0.25) is 4.68 Å². The maximum absolute atomic E-state index is 9.44. The lowest BCUT2D eigenvalue weighted by Gasteiger charge is -2.20. The SMILES string of the molecule is Cc1nn(C)c(N(C)Cc2ccoc2C)c1CO. The maximum Gasteiger partial charge on any atom is 0.132 e. The summed E-state index contributed by atoms with van der Waals surface area (Å²) in [5.74, 6) is 1.86. The summed E-state index contributed by atoms with van der Waals surface area (Å²) in [5, 5.41) is 13.8. The molecule has 1 N–H and O–H groups in total. The van der Waals surface area contributed by atoms with E-state index in [2.05, 4.69) is 10.00 Å². The van der Waals surface area contributed by atoms with E-state index in [1.807, 2.05) is 34.0 Å². The largest absolute Gasteiger partial charge is 0.469 e. The molecule has 0 spiro atoms. The number of nitrogens with zero attached hydrogens (tertiary/aromatic N) is 3. The summed E-state index contributed by atoms with van der Waals surface area (Å²) in [6, 6.07) is 1.97. The van der Waals surface area contributed by atoms with Gasteiger partial charge in [-0.05, 0) is 19.9 Å². The number of aliphatic hydroxyl groups excluding tert-OH is 1. The molecule has 0 aliphatic rings. The lowest BCUT2D eigenvalue weighted by Crippen LogP contribution is -2.20. The molecule has 2 heterocycles. The highest BCUT2D eigenvalue weighted by atomic mass is 16.3. The first-order chi connectivity index (χ1) is 8.54. The number of aliphatic hydroxyl groups is 1. The standard InChI is InChI=1S/C13H19N3O2/c1-9-12(8-17)13(16(4)14-9)15(3)7-11-5-6-18-10(11)2/h5-6,17H,7-8H2,1-4H3. The lowest BCUT2D eigenvalue weighted by atomic mass is 10.2. The summed E-state index contributed by atoms with van der Waals surface area (Å²) in [6.07, 6.45) is 1.69. The number of rotatable bonds is 4. The summed E-state index contributed by atoms with van der Waals surface area (Å²) in [5.41, 5.74) is 2.88. The quantitative estimate of drug-likeness (QED) is 0.897. The van der Waals surface area contributed by atoms with Gasteiger partial charge in [-0.15, -0.1) is 0 Å². The van der Waals surface area contributed by atoms with Crippen molar-refractivity contribution in [1.82, 2.24) is 9.78 Å². The van der Waals surface area contributed by atoms with Crippen molar-refractivity contribution < 1.29 is 9.52 Å². The van der Waals surface area contributed by atoms with Gasteiger partial charge in [-0.25, -0.2) is 0 Å². The Kier molecular flexibility index (Phi) is 3.43. The third-order valence-electron chi connectivity index (χ3n) is 3.21. The van der Waals surface area contributed by atoms with E-state index in [-0.39, 0.29) is 6.61 Å². The van der Waals surface area contributed by atoms with Gasteiger partial charge in [0.25, 0.3) is 0 Å². The zero-order valence-corrected chi connectivity index (χ0v) is 11.3. The normalized spacial score (nSPS) is 10.9. The van der Waals surface area contributed by atoms with Gasteiger partial charge in [-0.2, -0.15) is 5.10 Å². The molecular formula is C13H19N3O2. The molecule has 0 amide bonds. The van der Waals surface area contributed by atoms with Crippen LogP contribution in [0.1, 0.15) is 22.6 Å². The van der Waals surface area contributed by atoms with E-state index in [4.69, 9.17) is 4.42 Å². The first kappa shape index (κ1) is 12.7. The van der Waals surface area contributed by atoms with E-state index in [1.165, 1.54) is 0 Å². The summed E-state index contributed by atoms with van der Waals surface area (Å²) in [7, 11) is 3.88. The highest BCUT2D eigenvalue weighted by Gasteiger charge is 2.17. The monoisotopic (exact) mass is 249 g/mol. The molecule has 0 bridgehead atoms. The smallest absolute Gasteiger partial charge is 0.132 e. The number of aromatic nitrogens is 2. The van der Waals surface area contributed by atoms with Crippen LogP contribution in [0.4, 0.5) is 5.82 Å². The molecule has 98 valence electrons. The van der Waals surface area contributed by atoms with Gasteiger partial charge in [0.05, 0.1) is 18.6 Å². The number of furan rings is 1. The zero-order valence-electron chi connectivity index (χ0n) is 11.3. The van der Waals surface area contributed by atoms with Crippen LogP contribution >= 0.6 is 0 Å². The maximum atomic E-state index is 9.44. The lowest BCUT2D eigenvalue weighted by molar-refractivity contribution is 0.281. The van der Waals surface area contributed by atoms with Gasteiger partial charge in [0.1, 0.15) is 11.6 Å². The van der Waals surface area contributed by atoms with Gasteiger partial charge in [0.2, 0.25) is 0 Å². The fourth-order valence-electron chi connectivity index (χ4n) is 2.26. The van der Waals surface area contributed by atoms with Crippen molar-refractivity contribution in [2.24, 2.45) is 7.05 Å². The van der Waals surface area contributed by atoms with Crippen LogP contribution < -0.4 is 4.90 Å². The fraction of sp³-hybridized carbons (Fsp3) is 0.462. The van der Waals surface area contributed by atoms with Crippen molar-refractivity contribution in [3.05, 3.63) is 34.9 Å². The topological polar surface area (TPSA) is 54.4 Å². The summed E-state index contributed by atoms with van der Waals surface area (Å²) >= 11 is 0. The van der Waals surface area contributed by atoms with E-state index in [0.29, 0.717) is 0 Å². The average Bonchev–Trinajstić information content (AvgIpc) is 2.82. The van der Waals surface area contributed by atoms with Crippen molar-refractivity contribution in [3.8, 4) is 0 Å². The molecule has 0 fully saturated rings. The third-order valence-corrected chi connectivity index (χ3v) is 3.21. The molecule has 0 atom stereocenters. The minimum atomic E-state index is 0.00369. The van der Waals surface area contributed by atoms with E-state index in [9.17, 15) is 5.11 Å². The van der Waals surface area contributed by atoms with E-state index >= 15 is 0 Å². The van der Waals surface area contributed by atoms with Crippen molar-refractivity contribution >= 4 is 5.82 Å². The summed E-state index contributed by atoms with van der Waals surface area (Å²) in [6.45, 7) is 4.59. The van der Waals surface area contributed by atoms with E-state index in [0.717, 1.165) is 34.9 Å². The Hall–Kier alpha value is -1.75. The second kappa shape index (κ2) is 4.86. The Morgan fingerprint density at radius 1 is 1.44 bits per heavy atom. The predicted molar refractivity (Wildman–Crippen MR) is 69.4 cm³/mol. The molecule has 2 aromatic rings. The number of hydrogen-bond acceptors (Lipinski definition) is 4. The molecule has 0 unspecified atom stereocenters. The highest BCUT2D eigenvalue weighted by molar-refractivity contribution is 5.49. The van der Waals surface area contributed by atoms with Crippen LogP contribution in [-0.2, 0) is 20.2 Å². The second-order valence-corrected chi connectivity index (χ2v) is 4.53. The molecule has 0 aromatic carbocycles. The van der Waals surface area contributed by atoms with Gasteiger partial charge in [0, 0.05) is 31.8 Å². The van der Waals surface area contributed by atoms with Crippen molar-refractivity contribution in [1.29, 1.82) is 0 Å². The van der Waals surface area contributed by atoms with E-state index < -0.39 is 0 Å². The molecule has 18 heavy (non-hydrogen) atoms. The van der Waals surface area contributed by atoms with Crippen LogP contribution in [0.15, 0.2) is 16.7 Å². The molecule has 0 saturated carbocycles. The number of anilines is 1. The van der Waals surface area contributed by atoms with Crippen LogP contribution in [0, 0.1) is 13.8 Å². The van der Waals surface area contributed by atoms with Crippen LogP contribution in [-0.4, -0.2) is 21.9 Å². The van der Waals surface area contributed by atoms with Gasteiger partial charge < -0.3 is 14.4 Å². The van der Waals surface area contributed by atoms with Crippen LogP contribution in [0.3, 0.4) is 0 Å². The molecule has 5 heteroatoms. The predicted octanol–water partition coefficient (Wildman–Crippen LogP) is 1.76. The van der Waals surface area contributed by atoms with Crippen LogP contribution in [0.5, 0.6) is 0 Å². The van der Waals surface area contributed by atoms with Crippen molar-refractivity contribution in [2.75, 3.05) is 11.9 Å². The van der Waals surface area contributed by atoms with Gasteiger partial charge in [0.15, 0.2) is 0 Å². The Morgan fingerprint density at radius 2 is 2.17 bits per heavy atom. The Bertz CT molecular complexity index is 542. The molecule has 0 aliphatic carbocycles.